The van der Waals surface area contributed by atoms with Crippen LogP contribution in [0.4, 0.5) is 10.5 Å². The first kappa shape index (κ1) is 34.4. The molecule has 0 aliphatic carbocycles. The summed E-state index contributed by atoms with van der Waals surface area (Å²) in [5.74, 6) is -0.690. The van der Waals surface area contributed by atoms with E-state index < -0.39 is 29.3 Å². The van der Waals surface area contributed by atoms with Crippen molar-refractivity contribution < 1.29 is 19.1 Å². The minimum Gasteiger partial charge on any atom is -0.444 e. The molecule has 0 bridgehead atoms. The first-order chi connectivity index (χ1) is 20.7. The van der Waals surface area contributed by atoms with Crippen LogP contribution in [0.3, 0.4) is 0 Å². The molecule has 7 heteroatoms. The highest BCUT2D eigenvalue weighted by molar-refractivity contribution is 6.00. The van der Waals surface area contributed by atoms with Crippen molar-refractivity contribution in [1.29, 1.82) is 0 Å². The summed E-state index contributed by atoms with van der Waals surface area (Å²) >= 11 is 0. The zero-order valence-corrected chi connectivity index (χ0v) is 27.8. The Morgan fingerprint density at radius 3 is 1.91 bits per heavy atom. The highest BCUT2D eigenvalue weighted by Gasteiger charge is 2.43. The second kappa shape index (κ2) is 14.6. The molecular formula is C37H49N3O4. The Balaban J connectivity index is 2.17. The van der Waals surface area contributed by atoms with Gasteiger partial charge in [0, 0.05) is 17.6 Å². The Kier molecular flexibility index (Phi) is 11.4. The SMILES string of the molecule is CCc1ccc(C(C(=O)Nc2c(C)cccc2C)N(C(=O)C(Cc2ccccc2)NC(=O)OC(C)(C)C)C(C)(C)CC)cc1. The number of nitrogens with zero attached hydrogens (tertiary/aromatic N) is 1. The van der Waals surface area contributed by atoms with E-state index in [0.717, 1.165) is 34.4 Å². The largest absolute Gasteiger partial charge is 0.444 e. The van der Waals surface area contributed by atoms with Crippen LogP contribution < -0.4 is 10.6 Å². The summed E-state index contributed by atoms with van der Waals surface area (Å²) in [5.41, 5.74) is 3.77. The molecule has 236 valence electrons. The van der Waals surface area contributed by atoms with Crippen molar-refractivity contribution in [2.24, 2.45) is 0 Å². The van der Waals surface area contributed by atoms with Crippen LogP contribution >= 0.6 is 0 Å². The summed E-state index contributed by atoms with van der Waals surface area (Å²) < 4.78 is 5.57. The maximum absolute atomic E-state index is 14.9. The summed E-state index contributed by atoms with van der Waals surface area (Å²) in [6, 6.07) is 21.3. The fraction of sp³-hybridized carbons (Fsp3) is 0.432. The number of carbonyl (C=O) groups is 3. The van der Waals surface area contributed by atoms with E-state index in [1.165, 1.54) is 0 Å². The average Bonchev–Trinajstić information content (AvgIpc) is 2.96. The number of hydrogen-bond donors (Lipinski definition) is 2. The van der Waals surface area contributed by atoms with Gasteiger partial charge in [-0.05, 0) is 89.1 Å². The number of anilines is 1. The summed E-state index contributed by atoms with van der Waals surface area (Å²) in [6.45, 7) is 17.2. The molecule has 2 atom stereocenters. The fourth-order valence-corrected chi connectivity index (χ4v) is 5.17. The molecule has 0 aromatic heterocycles. The van der Waals surface area contributed by atoms with Gasteiger partial charge in [0.05, 0.1) is 0 Å². The molecule has 2 N–H and O–H groups in total. The molecular weight excluding hydrogens is 550 g/mol. The molecule has 0 spiro atoms. The lowest BCUT2D eigenvalue weighted by atomic mass is 9.90. The Morgan fingerprint density at radius 1 is 0.795 bits per heavy atom. The van der Waals surface area contributed by atoms with Crippen molar-refractivity contribution in [2.75, 3.05) is 5.32 Å². The van der Waals surface area contributed by atoms with Crippen molar-refractivity contribution in [3.63, 3.8) is 0 Å². The lowest BCUT2D eigenvalue weighted by Gasteiger charge is -2.44. The Bertz CT molecular complexity index is 1410. The van der Waals surface area contributed by atoms with Crippen LogP contribution in [0.5, 0.6) is 0 Å². The molecule has 3 rings (SSSR count). The van der Waals surface area contributed by atoms with E-state index in [1.54, 1.807) is 25.7 Å². The molecule has 2 unspecified atom stereocenters. The summed E-state index contributed by atoms with van der Waals surface area (Å²) in [4.78, 5) is 44.1. The molecule has 0 saturated heterocycles. The molecule has 7 nitrogen and oxygen atoms in total. The Hall–Kier alpha value is -4.13. The Labute approximate surface area is 263 Å². The van der Waals surface area contributed by atoms with Gasteiger partial charge in [0.1, 0.15) is 17.7 Å². The van der Waals surface area contributed by atoms with Gasteiger partial charge in [0.2, 0.25) is 5.91 Å². The van der Waals surface area contributed by atoms with Gasteiger partial charge < -0.3 is 20.3 Å². The fourth-order valence-electron chi connectivity index (χ4n) is 5.17. The number of hydrogen-bond acceptors (Lipinski definition) is 4. The number of alkyl carbamates (subject to hydrolysis) is 1. The highest BCUT2D eigenvalue weighted by atomic mass is 16.6. The van der Waals surface area contributed by atoms with E-state index in [4.69, 9.17) is 4.74 Å². The van der Waals surface area contributed by atoms with E-state index in [1.807, 2.05) is 107 Å². The molecule has 3 aromatic carbocycles. The van der Waals surface area contributed by atoms with Crippen LogP contribution in [0.1, 0.15) is 88.7 Å². The van der Waals surface area contributed by atoms with Crippen LogP contribution in [0.25, 0.3) is 0 Å². The van der Waals surface area contributed by atoms with Crippen LogP contribution in [0, 0.1) is 13.8 Å². The maximum atomic E-state index is 14.9. The van der Waals surface area contributed by atoms with Crippen LogP contribution in [0.2, 0.25) is 0 Å². The molecule has 44 heavy (non-hydrogen) atoms. The van der Waals surface area contributed by atoms with E-state index in [2.05, 4.69) is 17.6 Å². The van der Waals surface area contributed by atoms with E-state index in [-0.39, 0.29) is 18.2 Å². The van der Waals surface area contributed by atoms with E-state index >= 15 is 0 Å². The predicted molar refractivity (Wildman–Crippen MR) is 178 cm³/mol. The van der Waals surface area contributed by atoms with Crippen molar-refractivity contribution in [3.8, 4) is 0 Å². The van der Waals surface area contributed by atoms with E-state index in [0.29, 0.717) is 12.0 Å². The number of amides is 3. The first-order valence-electron chi connectivity index (χ1n) is 15.5. The number of benzene rings is 3. The van der Waals surface area contributed by atoms with Crippen molar-refractivity contribution in [3.05, 3.63) is 101 Å². The third-order valence-corrected chi connectivity index (χ3v) is 7.97. The number of para-hydroxylation sites is 1. The second-order valence-corrected chi connectivity index (χ2v) is 13.0. The van der Waals surface area contributed by atoms with Crippen LogP contribution in [0.15, 0.2) is 72.8 Å². The Morgan fingerprint density at radius 2 is 1.39 bits per heavy atom. The molecule has 0 radical (unpaired) electrons. The number of aryl methyl sites for hydroxylation is 3. The minimum atomic E-state index is -0.983. The molecule has 3 amide bonds. The number of nitrogens with one attached hydrogen (secondary N) is 2. The smallest absolute Gasteiger partial charge is 0.408 e. The summed E-state index contributed by atoms with van der Waals surface area (Å²) in [5, 5.41) is 6.00. The van der Waals surface area contributed by atoms with Gasteiger partial charge in [-0.1, -0.05) is 86.6 Å². The van der Waals surface area contributed by atoms with Crippen molar-refractivity contribution >= 4 is 23.6 Å². The van der Waals surface area contributed by atoms with Gasteiger partial charge in [0.25, 0.3) is 5.91 Å². The molecule has 0 fully saturated rings. The molecule has 3 aromatic rings. The standard InChI is InChI=1S/C37H49N3O4/c1-10-27-20-22-29(23-21-27)32(33(41)39-31-25(3)16-15-17-26(31)4)40(37(8,9)11-2)34(42)30(24-28-18-13-12-14-19-28)38-35(43)44-36(5,6)7/h12-23,30,32H,10-11,24H2,1-9H3,(H,38,43)(H,39,41). The maximum Gasteiger partial charge on any atom is 0.408 e. The zero-order valence-electron chi connectivity index (χ0n) is 27.8. The van der Waals surface area contributed by atoms with Gasteiger partial charge in [-0.3, -0.25) is 9.59 Å². The lowest BCUT2D eigenvalue weighted by molar-refractivity contribution is -0.147. The monoisotopic (exact) mass is 599 g/mol. The van der Waals surface area contributed by atoms with Crippen molar-refractivity contribution in [1.82, 2.24) is 10.2 Å². The molecule has 0 heterocycles. The van der Waals surface area contributed by atoms with Crippen molar-refractivity contribution in [2.45, 2.75) is 105 Å². The van der Waals surface area contributed by atoms with Gasteiger partial charge >= 0.3 is 6.09 Å². The van der Waals surface area contributed by atoms with E-state index in [9.17, 15) is 14.4 Å². The summed E-state index contributed by atoms with van der Waals surface area (Å²) in [6.07, 6.45) is 0.963. The van der Waals surface area contributed by atoms with Gasteiger partial charge in [-0.15, -0.1) is 0 Å². The number of rotatable bonds is 11. The molecule has 0 aliphatic rings. The molecule has 0 saturated carbocycles. The second-order valence-electron chi connectivity index (χ2n) is 13.0. The number of ether oxygens (including phenoxy) is 1. The normalized spacial score (nSPS) is 13.0. The zero-order chi connectivity index (χ0) is 32.7. The van der Waals surface area contributed by atoms with Gasteiger partial charge in [-0.2, -0.15) is 0 Å². The number of carbonyl (C=O) groups excluding carboxylic acids is 3. The molecule has 0 aliphatic heterocycles. The third-order valence-electron chi connectivity index (χ3n) is 7.97. The third kappa shape index (κ3) is 8.94. The predicted octanol–water partition coefficient (Wildman–Crippen LogP) is 7.70. The summed E-state index contributed by atoms with van der Waals surface area (Å²) in [7, 11) is 0. The van der Waals surface area contributed by atoms with Crippen LogP contribution in [-0.2, 0) is 27.2 Å². The topological polar surface area (TPSA) is 87.7 Å². The highest BCUT2D eigenvalue weighted by Crippen LogP contribution is 2.34. The first-order valence-corrected chi connectivity index (χ1v) is 15.5. The van der Waals surface area contributed by atoms with Crippen LogP contribution in [-0.4, -0.2) is 40.0 Å². The van der Waals surface area contributed by atoms with Gasteiger partial charge in [-0.25, -0.2) is 4.79 Å². The van der Waals surface area contributed by atoms with Gasteiger partial charge in [0.15, 0.2) is 0 Å². The average molecular weight is 600 g/mol. The minimum absolute atomic E-state index is 0.231. The quantitative estimate of drug-likeness (QED) is 0.236. The lowest BCUT2D eigenvalue weighted by Crippen LogP contribution is -2.59.